The molecule has 0 unspecified atom stereocenters. The van der Waals surface area contributed by atoms with Gasteiger partial charge in [-0.1, -0.05) is 35.9 Å². The number of benzene rings is 2. The second-order valence-corrected chi connectivity index (χ2v) is 5.38. The lowest BCUT2D eigenvalue weighted by Gasteiger charge is -2.07. The number of carbonyl (C=O) groups excluding carboxylic acids is 2. The highest BCUT2D eigenvalue weighted by Gasteiger charge is 2.49. The first-order valence-corrected chi connectivity index (χ1v) is 6.80. The summed E-state index contributed by atoms with van der Waals surface area (Å²) in [4.78, 5) is 24.0. The SMILES string of the molecule is COC(=O)[C@@H]1C[C@H]1C(=O)c1ccc(Cl)c2ccccc12. The number of ether oxygens (including phenoxy) is 1. The van der Waals surface area contributed by atoms with Crippen molar-refractivity contribution < 1.29 is 14.3 Å². The van der Waals surface area contributed by atoms with Crippen LogP contribution in [-0.4, -0.2) is 18.9 Å². The van der Waals surface area contributed by atoms with E-state index in [1.807, 2.05) is 24.3 Å². The maximum atomic E-state index is 12.5. The van der Waals surface area contributed by atoms with Gasteiger partial charge in [-0.25, -0.2) is 0 Å². The van der Waals surface area contributed by atoms with Gasteiger partial charge in [-0.15, -0.1) is 0 Å². The molecule has 1 saturated carbocycles. The van der Waals surface area contributed by atoms with E-state index in [-0.39, 0.29) is 23.6 Å². The highest BCUT2D eigenvalue weighted by molar-refractivity contribution is 6.36. The van der Waals surface area contributed by atoms with Crippen molar-refractivity contribution in [2.45, 2.75) is 6.42 Å². The number of hydrogen-bond acceptors (Lipinski definition) is 3. The predicted octanol–water partition coefficient (Wildman–Crippen LogP) is 3.49. The zero-order chi connectivity index (χ0) is 14.3. The lowest BCUT2D eigenvalue weighted by atomic mass is 9.98. The van der Waals surface area contributed by atoms with Gasteiger partial charge in [0.05, 0.1) is 13.0 Å². The van der Waals surface area contributed by atoms with Crippen molar-refractivity contribution in [3.8, 4) is 0 Å². The Hall–Kier alpha value is -1.87. The van der Waals surface area contributed by atoms with Crippen molar-refractivity contribution in [1.29, 1.82) is 0 Å². The molecule has 1 fully saturated rings. The lowest BCUT2D eigenvalue weighted by molar-refractivity contribution is -0.142. The molecule has 2 aromatic carbocycles. The van der Waals surface area contributed by atoms with Crippen LogP contribution in [0.3, 0.4) is 0 Å². The summed E-state index contributed by atoms with van der Waals surface area (Å²) in [6, 6.07) is 11.0. The molecule has 4 heteroatoms. The lowest BCUT2D eigenvalue weighted by Crippen LogP contribution is -2.10. The minimum Gasteiger partial charge on any atom is -0.469 e. The van der Waals surface area contributed by atoms with Gasteiger partial charge in [0.2, 0.25) is 0 Å². The molecular weight excluding hydrogens is 276 g/mol. The summed E-state index contributed by atoms with van der Waals surface area (Å²) in [6.45, 7) is 0. The standard InChI is InChI=1S/C16H13ClO3/c1-20-16(19)13-8-12(13)15(18)11-6-7-14(17)10-5-3-2-4-9(10)11/h2-7,12-13H,8H2,1H3/t12-,13-/m1/s1. The van der Waals surface area contributed by atoms with Crippen molar-refractivity contribution in [2.75, 3.05) is 7.11 Å². The molecule has 20 heavy (non-hydrogen) atoms. The summed E-state index contributed by atoms with van der Waals surface area (Å²) >= 11 is 6.15. The molecule has 0 saturated heterocycles. The minimum absolute atomic E-state index is 0.00623. The van der Waals surface area contributed by atoms with Crippen LogP contribution in [0.2, 0.25) is 5.02 Å². The largest absolute Gasteiger partial charge is 0.469 e. The number of esters is 1. The smallest absolute Gasteiger partial charge is 0.309 e. The molecule has 0 radical (unpaired) electrons. The fraction of sp³-hybridized carbons (Fsp3) is 0.250. The van der Waals surface area contributed by atoms with E-state index in [1.165, 1.54) is 7.11 Å². The van der Waals surface area contributed by atoms with E-state index >= 15 is 0 Å². The summed E-state index contributed by atoms with van der Waals surface area (Å²) in [5.41, 5.74) is 0.626. The Kier molecular flexibility index (Phi) is 3.22. The normalized spacial score (nSPS) is 20.7. The molecule has 0 aromatic heterocycles. The molecule has 0 N–H and O–H groups in total. The molecule has 0 amide bonds. The average molecular weight is 289 g/mol. The number of carbonyl (C=O) groups is 2. The Morgan fingerprint density at radius 1 is 1.10 bits per heavy atom. The van der Waals surface area contributed by atoms with Crippen LogP contribution in [0.25, 0.3) is 10.8 Å². The summed E-state index contributed by atoms with van der Waals surface area (Å²) in [6.07, 6.45) is 0.572. The number of rotatable bonds is 3. The molecule has 0 aliphatic heterocycles. The van der Waals surface area contributed by atoms with Crippen LogP contribution >= 0.6 is 11.6 Å². The molecule has 3 rings (SSSR count). The molecular formula is C16H13ClO3. The summed E-state index contributed by atoms with van der Waals surface area (Å²) in [5.74, 6) is -0.858. The van der Waals surface area contributed by atoms with Crippen molar-refractivity contribution in [3.05, 3.63) is 47.0 Å². The van der Waals surface area contributed by atoms with Crippen LogP contribution < -0.4 is 0 Å². The first kappa shape index (κ1) is 13.1. The van der Waals surface area contributed by atoms with Gasteiger partial charge < -0.3 is 4.74 Å². The first-order chi connectivity index (χ1) is 9.63. The van der Waals surface area contributed by atoms with E-state index in [1.54, 1.807) is 12.1 Å². The Morgan fingerprint density at radius 2 is 1.80 bits per heavy atom. The summed E-state index contributed by atoms with van der Waals surface area (Å²) in [7, 11) is 1.35. The molecule has 102 valence electrons. The molecule has 1 aliphatic rings. The molecule has 0 spiro atoms. The third-order valence-corrected chi connectivity index (χ3v) is 4.10. The van der Waals surface area contributed by atoms with Gasteiger partial charge in [0.1, 0.15) is 0 Å². The Morgan fingerprint density at radius 3 is 2.50 bits per heavy atom. The molecule has 2 atom stereocenters. The molecule has 2 aromatic rings. The Labute approximate surface area is 121 Å². The van der Waals surface area contributed by atoms with Gasteiger partial charge in [-0.05, 0) is 23.9 Å². The maximum absolute atomic E-state index is 12.5. The van der Waals surface area contributed by atoms with E-state index in [9.17, 15) is 9.59 Å². The highest BCUT2D eigenvalue weighted by Crippen LogP contribution is 2.43. The van der Waals surface area contributed by atoms with E-state index in [2.05, 4.69) is 4.74 Å². The molecule has 0 heterocycles. The van der Waals surface area contributed by atoms with Crippen LogP contribution in [0.15, 0.2) is 36.4 Å². The van der Waals surface area contributed by atoms with Gasteiger partial charge in [0.25, 0.3) is 0 Å². The van der Waals surface area contributed by atoms with E-state index in [0.717, 1.165) is 10.8 Å². The van der Waals surface area contributed by atoms with Gasteiger partial charge in [0, 0.05) is 21.9 Å². The predicted molar refractivity (Wildman–Crippen MR) is 76.9 cm³/mol. The van der Waals surface area contributed by atoms with E-state index in [4.69, 9.17) is 11.6 Å². The topological polar surface area (TPSA) is 43.4 Å². The Balaban J connectivity index is 1.98. The second kappa shape index (κ2) is 4.91. The number of fused-ring (bicyclic) bond motifs is 1. The van der Waals surface area contributed by atoms with Gasteiger partial charge in [-0.3, -0.25) is 9.59 Å². The number of halogens is 1. The van der Waals surface area contributed by atoms with Gasteiger partial charge in [-0.2, -0.15) is 0 Å². The number of ketones is 1. The number of hydrogen-bond donors (Lipinski definition) is 0. The van der Waals surface area contributed by atoms with Gasteiger partial charge in [0.15, 0.2) is 5.78 Å². The monoisotopic (exact) mass is 288 g/mol. The third-order valence-electron chi connectivity index (χ3n) is 3.77. The van der Waals surface area contributed by atoms with Crippen LogP contribution in [0.4, 0.5) is 0 Å². The van der Waals surface area contributed by atoms with Crippen molar-refractivity contribution in [2.24, 2.45) is 11.8 Å². The number of Topliss-reactive ketones (excluding diaryl/α,β-unsaturated/α-hetero) is 1. The number of methoxy groups -OCH3 is 1. The molecule has 3 nitrogen and oxygen atoms in total. The quantitative estimate of drug-likeness (QED) is 0.641. The third kappa shape index (κ3) is 2.08. The fourth-order valence-electron chi connectivity index (χ4n) is 2.57. The van der Waals surface area contributed by atoms with Gasteiger partial charge >= 0.3 is 5.97 Å². The van der Waals surface area contributed by atoms with Crippen LogP contribution in [0.1, 0.15) is 16.8 Å². The summed E-state index contributed by atoms with van der Waals surface area (Å²) < 4.78 is 4.68. The van der Waals surface area contributed by atoms with Crippen LogP contribution in [0.5, 0.6) is 0 Å². The zero-order valence-electron chi connectivity index (χ0n) is 10.9. The van der Waals surface area contributed by atoms with Crippen LogP contribution in [0, 0.1) is 11.8 Å². The average Bonchev–Trinajstić information content (AvgIpc) is 3.27. The van der Waals surface area contributed by atoms with Crippen molar-refractivity contribution >= 4 is 34.1 Å². The summed E-state index contributed by atoms with van der Waals surface area (Å²) in [5, 5.41) is 2.31. The highest BCUT2D eigenvalue weighted by atomic mass is 35.5. The Bertz CT molecular complexity index is 708. The van der Waals surface area contributed by atoms with E-state index in [0.29, 0.717) is 17.0 Å². The van der Waals surface area contributed by atoms with Crippen molar-refractivity contribution in [1.82, 2.24) is 0 Å². The van der Waals surface area contributed by atoms with Crippen LogP contribution in [-0.2, 0) is 9.53 Å². The second-order valence-electron chi connectivity index (χ2n) is 4.98. The maximum Gasteiger partial charge on any atom is 0.309 e. The fourth-order valence-corrected chi connectivity index (χ4v) is 2.80. The first-order valence-electron chi connectivity index (χ1n) is 6.42. The molecule has 0 bridgehead atoms. The van der Waals surface area contributed by atoms with Crippen molar-refractivity contribution in [3.63, 3.8) is 0 Å². The minimum atomic E-state index is -0.304. The molecule has 1 aliphatic carbocycles. The zero-order valence-corrected chi connectivity index (χ0v) is 11.7. The van der Waals surface area contributed by atoms with E-state index < -0.39 is 0 Å².